The van der Waals surface area contributed by atoms with Crippen LogP contribution in [0.1, 0.15) is 51.3 Å². The van der Waals surface area contributed by atoms with E-state index in [1.54, 1.807) is 0 Å². The molecule has 1 heterocycles. The molecule has 1 aromatic carbocycles. The molecule has 0 amide bonds. The molecule has 0 saturated heterocycles. The Bertz CT molecular complexity index is 602. The summed E-state index contributed by atoms with van der Waals surface area (Å²) < 4.78 is 0. The van der Waals surface area contributed by atoms with Gasteiger partial charge in [-0.2, -0.15) is 0 Å². The molecular weight excluding hydrogens is 258 g/mol. The van der Waals surface area contributed by atoms with Crippen LogP contribution >= 0.6 is 11.3 Å². The van der Waals surface area contributed by atoms with Gasteiger partial charge in [0.25, 0.3) is 0 Å². The highest BCUT2D eigenvalue weighted by Crippen LogP contribution is 2.26. The fourth-order valence-corrected chi connectivity index (χ4v) is 3.09. The van der Waals surface area contributed by atoms with E-state index >= 15 is 0 Å². The van der Waals surface area contributed by atoms with E-state index < -0.39 is 5.97 Å². The summed E-state index contributed by atoms with van der Waals surface area (Å²) in [5.41, 5.74) is 3.07. The van der Waals surface area contributed by atoms with Crippen molar-refractivity contribution in [3.63, 3.8) is 0 Å². The Kier molecular flexibility index (Phi) is 4.00. The Morgan fingerprint density at radius 3 is 2.68 bits per heavy atom. The minimum absolute atomic E-state index is 0.133. The molecule has 0 spiro atoms. The second-order valence-electron chi connectivity index (χ2n) is 4.95. The molecule has 3 nitrogen and oxygen atoms in total. The van der Waals surface area contributed by atoms with Crippen molar-refractivity contribution in [3.8, 4) is 0 Å². The molecule has 0 aliphatic carbocycles. The van der Waals surface area contributed by atoms with Gasteiger partial charge in [0, 0.05) is 6.42 Å². The van der Waals surface area contributed by atoms with Gasteiger partial charge in [-0.05, 0) is 18.4 Å². The van der Waals surface area contributed by atoms with Crippen LogP contribution in [0.4, 0.5) is 0 Å². The fourth-order valence-electron chi connectivity index (χ4n) is 1.99. The third-order valence-electron chi connectivity index (χ3n) is 2.88. The van der Waals surface area contributed by atoms with Gasteiger partial charge < -0.3 is 5.11 Å². The first-order chi connectivity index (χ1) is 8.97. The summed E-state index contributed by atoms with van der Waals surface area (Å²) in [4.78, 5) is 16.1. The molecule has 1 N–H and O–H groups in total. The maximum Gasteiger partial charge on any atom is 0.347 e. The molecule has 0 fully saturated rings. The largest absolute Gasteiger partial charge is 0.477 e. The number of rotatable bonds is 4. The maximum atomic E-state index is 11.2. The van der Waals surface area contributed by atoms with Crippen molar-refractivity contribution in [3.05, 3.63) is 51.0 Å². The van der Waals surface area contributed by atoms with E-state index in [4.69, 9.17) is 0 Å². The number of aromatic nitrogens is 1. The molecule has 0 saturated carbocycles. The zero-order valence-electron chi connectivity index (χ0n) is 11.3. The minimum Gasteiger partial charge on any atom is -0.477 e. The summed E-state index contributed by atoms with van der Waals surface area (Å²) in [6, 6.07) is 8.22. The lowest BCUT2D eigenvalue weighted by Crippen LogP contribution is -2.00. The van der Waals surface area contributed by atoms with Gasteiger partial charge in [-0.1, -0.05) is 43.7 Å². The number of aromatic carboxylic acids is 1. The molecule has 4 heteroatoms. The third kappa shape index (κ3) is 3.20. The van der Waals surface area contributed by atoms with E-state index in [1.165, 1.54) is 22.5 Å². The van der Waals surface area contributed by atoms with E-state index in [0.29, 0.717) is 17.0 Å². The molecule has 0 unspecified atom stereocenters. The topological polar surface area (TPSA) is 50.2 Å². The quantitative estimate of drug-likeness (QED) is 0.921. The number of carbonyl (C=O) groups is 1. The second kappa shape index (κ2) is 5.53. The lowest BCUT2D eigenvalue weighted by atomic mass is 10.1. The van der Waals surface area contributed by atoms with Crippen molar-refractivity contribution in [1.82, 2.24) is 4.98 Å². The third-order valence-corrected chi connectivity index (χ3v) is 3.94. The predicted molar refractivity (Wildman–Crippen MR) is 77.1 cm³/mol. The molecule has 0 radical (unpaired) electrons. The summed E-state index contributed by atoms with van der Waals surface area (Å²) >= 11 is 1.29. The first-order valence-electron chi connectivity index (χ1n) is 6.26. The zero-order valence-corrected chi connectivity index (χ0v) is 12.1. The second-order valence-corrected chi connectivity index (χ2v) is 6.03. The van der Waals surface area contributed by atoms with Crippen LogP contribution in [0, 0.1) is 6.92 Å². The van der Waals surface area contributed by atoms with E-state index in [1.807, 2.05) is 39.0 Å². The molecule has 0 atom stereocenters. The van der Waals surface area contributed by atoms with E-state index in [2.05, 4.69) is 11.1 Å². The van der Waals surface area contributed by atoms with Gasteiger partial charge in [0.05, 0.1) is 10.7 Å². The standard InChI is InChI=1S/C15H17NO2S/c1-9(2)13-14(15(17)18)19-12(16-13)8-11-6-4-5-10(3)7-11/h4-7,9H,8H2,1-3H3,(H,17,18). The van der Waals surface area contributed by atoms with Crippen molar-refractivity contribution in [2.45, 2.75) is 33.1 Å². The van der Waals surface area contributed by atoms with Gasteiger partial charge in [-0.25, -0.2) is 9.78 Å². The number of hydrogen-bond donors (Lipinski definition) is 1. The number of nitrogens with zero attached hydrogens (tertiary/aromatic N) is 1. The molecule has 0 aliphatic heterocycles. The lowest BCUT2D eigenvalue weighted by molar-refractivity contribution is 0.0700. The number of hydrogen-bond acceptors (Lipinski definition) is 3. The van der Waals surface area contributed by atoms with Crippen LogP contribution in [0.15, 0.2) is 24.3 Å². The number of aryl methyl sites for hydroxylation is 1. The number of benzene rings is 1. The summed E-state index contributed by atoms with van der Waals surface area (Å²) in [7, 11) is 0. The summed E-state index contributed by atoms with van der Waals surface area (Å²) in [6.45, 7) is 5.99. The first kappa shape index (κ1) is 13.7. The highest BCUT2D eigenvalue weighted by molar-refractivity contribution is 7.13. The minimum atomic E-state index is -0.878. The van der Waals surface area contributed by atoms with Crippen LogP contribution in [-0.2, 0) is 6.42 Å². The molecule has 0 bridgehead atoms. The van der Waals surface area contributed by atoms with Crippen LogP contribution in [0.3, 0.4) is 0 Å². The van der Waals surface area contributed by atoms with Gasteiger partial charge in [0.15, 0.2) is 0 Å². The van der Waals surface area contributed by atoms with Crippen LogP contribution < -0.4 is 0 Å². The van der Waals surface area contributed by atoms with Crippen LogP contribution in [0.2, 0.25) is 0 Å². The molecule has 19 heavy (non-hydrogen) atoms. The Morgan fingerprint density at radius 2 is 2.16 bits per heavy atom. The van der Waals surface area contributed by atoms with Crippen molar-refractivity contribution < 1.29 is 9.90 Å². The average molecular weight is 275 g/mol. The molecule has 0 aliphatic rings. The van der Waals surface area contributed by atoms with Gasteiger partial charge >= 0.3 is 5.97 Å². The van der Waals surface area contributed by atoms with Crippen LogP contribution in [0.5, 0.6) is 0 Å². The average Bonchev–Trinajstić information content (AvgIpc) is 2.73. The summed E-state index contributed by atoms with van der Waals surface area (Å²) in [6.07, 6.45) is 0.694. The Balaban J connectivity index is 2.31. The molecule has 2 aromatic rings. The van der Waals surface area contributed by atoms with Crippen LogP contribution in [-0.4, -0.2) is 16.1 Å². The molecule has 2 rings (SSSR count). The monoisotopic (exact) mass is 275 g/mol. The maximum absolute atomic E-state index is 11.2. The Morgan fingerprint density at radius 1 is 1.42 bits per heavy atom. The SMILES string of the molecule is Cc1cccc(Cc2nc(C(C)C)c(C(=O)O)s2)c1. The van der Waals surface area contributed by atoms with Crippen molar-refractivity contribution in [2.24, 2.45) is 0 Å². The highest BCUT2D eigenvalue weighted by atomic mass is 32.1. The Hall–Kier alpha value is -1.68. The lowest BCUT2D eigenvalue weighted by Gasteiger charge is -2.01. The number of carboxylic acids is 1. The van der Waals surface area contributed by atoms with Gasteiger partial charge in [-0.15, -0.1) is 11.3 Å². The molecule has 1 aromatic heterocycles. The molecule has 100 valence electrons. The molecular formula is C15H17NO2S. The normalized spacial score (nSPS) is 10.9. The number of thiazole rings is 1. The number of carboxylic acid groups (broad SMARTS) is 1. The van der Waals surface area contributed by atoms with E-state index in [0.717, 1.165) is 5.01 Å². The zero-order chi connectivity index (χ0) is 14.0. The first-order valence-corrected chi connectivity index (χ1v) is 7.07. The summed E-state index contributed by atoms with van der Waals surface area (Å²) in [5.74, 6) is -0.745. The highest BCUT2D eigenvalue weighted by Gasteiger charge is 2.19. The fraction of sp³-hybridized carbons (Fsp3) is 0.333. The van der Waals surface area contributed by atoms with Crippen LogP contribution in [0.25, 0.3) is 0 Å². The Labute approximate surface area is 116 Å². The smallest absolute Gasteiger partial charge is 0.347 e. The van der Waals surface area contributed by atoms with Gasteiger partial charge in [0.1, 0.15) is 4.88 Å². The summed E-state index contributed by atoms with van der Waals surface area (Å²) in [5, 5.41) is 10.1. The van der Waals surface area contributed by atoms with Crippen molar-refractivity contribution in [1.29, 1.82) is 0 Å². The van der Waals surface area contributed by atoms with E-state index in [-0.39, 0.29) is 5.92 Å². The van der Waals surface area contributed by atoms with Gasteiger partial charge in [0.2, 0.25) is 0 Å². The van der Waals surface area contributed by atoms with Crippen molar-refractivity contribution >= 4 is 17.3 Å². The van der Waals surface area contributed by atoms with E-state index in [9.17, 15) is 9.90 Å². The predicted octanol–water partition coefficient (Wildman–Crippen LogP) is 3.86. The van der Waals surface area contributed by atoms with Crippen molar-refractivity contribution in [2.75, 3.05) is 0 Å². The van der Waals surface area contributed by atoms with Gasteiger partial charge in [-0.3, -0.25) is 0 Å².